The van der Waals surface area contributed by atoms with E-state index in [1.54, 1.807) is 0 Å². The van der Waals surface area contributed by atoms with E-state index >= 15 is 0 Å². The molecular formula is C16H24BrNO. The van der Waals surface area contributed by atoms with E-state index in [2.05, 4.69) is 53.3 Å². The summed E-state index contributed by atoms with van der Waals surface area (Å²) in [4.78, 5) is 0. The van der Waals surface area contributed by atoms with Crippen LogP contribution in [-0.2, 0) is 0 Å². The second-order valence-corrected chi connectivity index (χ2v) is 6.30. The highest BCUT2D eigenvalue weighted by Crippen LogP contribution is 2.32. The summed E-state index contributed by atoms with van der Waals surface area (Å²) in [5.74, 6) is 1.04. The highest BCUT2D eigenvalue weighted by atomic mass is 79.9. The molecule has 3 heteroatoms. The highest BCUT2D eigenvalue weighted by Gasteiger charge is 2.19. The molecule has 1 aromatic rings. The maximum absolute atomic E-state index is 6.22. The topological polar surface area (TPSA) is 21.3 Å². The molecule has 1 N–H and O–H groups in total. The first-order valence-electron chi connectivity index (χ1n) is 7.40. The zero-order valence-corrected chi connectivity index (χ0v) is 13.5. The third-order valence-corrected chi connectivity index (χ3v) is 4.23. The maximum atomic E-state index is 6.22. The summed E-state index contributed by atoms with van der Waals surface area (Å²) >= 11 is 3.55. The third kappa shape index (κ3) is 4.22. The minimum Gasteiger partial charge on any atom is -0.490 e. The molecule has 1 fully saturated rings. The monoisotopic (exact) mass is 325 g/mol. The molecule has 1 aromatic carbocycles. The number of ether oxygens (including phenoxy) is 1. The van der Waals surface area contributed by atoms with Gasteiger partial charge in [-0.05, 0) is 57.7 Å². The Bertz CT molecular complexity index is 402. The third-order valence-electron chi connectivity index (χ3n) is 3.74. The van der Waals surface area contributed by atoms with E-state index < -0.39 is 0 Å². The van der Waals surface area contributed by atoms with Crippen LogP contribution in [0.2, 0.25) is 0 Å². The molecule has 2 rings (SSSR count). The quantitative estimate of drug-likeness (QED) is 0.808. The highest BCUT2D eigenvalue weighted by molar-refractivity contribution is 9.10. The van der Waals surface area contributed by atoms with Gasteiger partial charge < -0.3 is 10.1 Å². The Morgan fingerprint density at radius 2 is 2.11 bits per heavy atom. The Labute approximate surface area is 125 Å². The molecule has 1 aliphatic rings. The van der Waals surface area contributed by atoms with E-state index in [9.17, 15) is 0 Å². The van der Waals surface area contributed by atoms with Crippen LogP contribution < -0.4 is 10.1 Å². The Hall–Kier alpha value is -0.540. The first-order chi connectivity index (χ1) is 9.20. The van der Waals surface area contributed by atoms with Gasteiger partial charge in [-0.1, -0.05) is 28.9 Å². The van der Waals surface area contributed by atoms with Gasteiger partial charge in [0.15, 0.2) is 0 Å². The van der Waals surface area contributed by atoms with Gasteiger partial charge in [0.05, 0.1) is 6.10 Å². The van der Waals surface area contributed by atoms with Gasteiger partial charge >= 0.3 is 0 Å². The summed E-state index contributed by atoms with van der Waals surface area (Å²) in [5.41, 5.74) is 1.27. The summed E-state index contributed by atoms with van der Waals surface area (Å²) in [6.07, 6.45) is 6.56. The van der Waals surface area contributed by atoms with Crippen molar-refractivity contribution < 1.29 is 4.74 Å². The second kappa shape index (κ2) is 7.30. The Kier molecular flexibility index (Phi) is 5.71. The van der Waals surface area contributed by atoms with Gasteiger partial charge in [-0.15, -0.1) is 0 Å². The van der Waals surface area contributed by atoms with Gasteiger partial charge in [-0.25, -0.2) is 0 Å². The van der Waals surface area contributed by atoms with Crippen molar-refractivity contribution in [2.45, 2.75) is 58.1 Å². The zero-order valence-electron chi connectivity index (χ0n) is 11.9. The Morgan fingerprint density at radius 1 is 1.37 bits per heavy atom. The summed E-state index contributed by atoms with van der Waals surface area (Å²) in [6, 6.07) is 6.71. The van der Waals surface area contributed by atoms with Crippen molar-refractivity contribution in [2.24, 2.45) is 0 Å². The Balaban J connectivity index is 2.11. The van der Waals surface area contributed by atoms with Crippen molar-refractivity contribution in [1.29, 1.82) is 0 Å². The summed E-state index contributed by atoms with van der Waals surface area (Å²) < 4.78 is 7.31. The van der Waals surface area contributed by atoms with Crippen LogP contribution in [0.4, 0.5) is 0 Å². The van der Waals surface area contributed by atoms with E-state index in [1.807, 2.05) is 0 Å². The fourth-order valence-electron chi connectivity index (χ4n) is 2.62. The van der Waals surface area contributed by atoms with Crippen LogP contribution in [0.1, 0.15) is 57.6 Å². The van der Waals surface area contributed by atoms with Crippen molar-refractivity contribution >= 4 is 15.9 Å². The molecule has 1 unspecified atom stereocenters. The van der Waals surface area contributed by atoms with Crippen LogP contribution in [0.25, 0.3) is 0 Å². The van der Waals surface area contributed by atoms with Crippen molar-refractivity contribution in [3.05, 3.63) is 28.2 Å². The van der Waals surface area contributed by atoms with Gasteiger partial charge in [-0.3, -0.25) is 0 Å². The smallest absolute Gasteiger partial charge is 0.125 e. The van der Waals surface area contributed by atoms with Crippen LogP contribution in [0, 0.1) is 0 Å². The molecule has 0 radical (unpaired) electrons. The molecule has 1 atom stereocenters. The van der Waals surface area contributed by atoms with E-state index in [-0.39, 0.29) is 0 Å². The molecular weight excluding hydrogens is 302 g/mol. The molecule has 106 valence electrons. The average Bonchev–Trinajstić information content (AvgIpc) is 2.89. The molecule has 0 bridgehead atoms. The molecule has 0 heterocycles. The normalized spacial score (nSPS) is 17.6. The van der Waals surface area contributed by atoms with Gasteiger partial charge in [0.1, 0.15) is 5.75 Å². The lowest BCUT2D eigenvalue weighted by Crippen LogP contribution is -2.21. The van der Waals surface area contributed by atoms with Crippen molar-refractivity contribution in [3.8, 4) is 5.75 Å². The average molecular weight is 326 g/mol. The molecule has 0 aromatic heterocycles. The molecule has 1 saturated carbocycles. The molecule has 0 spiro atoms. The van der Waals surface area contributed by atoms with Crippen molar-refractivity contribution in [2.75, 3.05) is 6.54 Å². The van der Waals surface area contributed by atoms with Crippen LogP contribution >= 0.6 is 15.9 Å². The minimum atomic E-state index is 0.337. The number of halogens is 1. The minimum absolute atomic E-state index is 0.337. The number of benzene rings is 1. The van der Waals surface area contributed by atoms with Crippen molar-refractivity contribution in [3.63, 3.8) is 0 Å². The van der Waals surface area contributed by atoms with E-state index in [0.717, 1.165) is 23.2 Å². The molecule has 0 amide bonds. The van der Waals surface area contributed by atoms with Gasteiger partial charge in [-0.2, -0.15) is 0 Å². The second-order valence-electron chi connectivity index (χ2n) is 5.38. The van der Waals surface area contributed by atoms with E-state index in [4.69, 9.17) is 4.74 Å². The first kappa shape index (κ1) is 14.9. The molecule has 1 aliphatic carbocycles. The van der Waals surface area contributed by atoms with Gasteiger partial charge in [0, 0.05) is 16.1 Å². The molecule has 2 nitrogen and oxygen atoms in total. The van der Waals surface area contributed by atoms with Crippen molar-refractivity contribution in [1.82, 2.24) is 5.32 Å². The number of rotatable bonds is 6. The predicted molar refractivity (Wildman–Crippen MR) is 83.7 cm³/mol. The van der Waals surface area contributed by atoms with Gasteiger partial charge in [0.2, 0.25) is 0 Å². The lowest BCUT2D eigenvalue weighted by molar-refractivity contribution is 0.206. The fourth-order valence-corrected chi connectivity index (χ4v) is 2.96. The number of hydrogen-bond acceptors (Lipinski definition) is 2. The summed E-state index contributed by atoms with van der Waals surface area (Å²) in [6.45, 7) is 5.44. The lowest BCUT2D eigenvalue weighted by atomic mass is 10.1. The van der Waals surface area contributed by atoms with E-state index in [1.165, 1.54) is 31.2 Å². The SMILES string of the molecule is CCCNC(C)c1ccc(Br)cc1OC1CCCC1. The first-order valence-corrected chi connectivity index (χ1v) is 8.19. The fraction of sp³-hybridized carbons (Fsp3) is 0.625. The largest absolute Gasteiger partial charge is 0.490 e. The lowest BCUT2D eigenvalue weighted by Gasteiger charge is -2.21. The van der Waals surface area contributed by atoms with Crippen LogP contribution in [0.3, 0.4) is 0 Å². The standard InChI is InChI=1S/C16H24BrNO/c1-3-10-18-12(2)15-9-8-13(17)11-16(15)19-14-6-4-5-7-14/h8-9,11-12,14,18H,3-7,10H2,1-2H3. The number of hydrogen-bond donors (Lipinski definition) is 1. The van der Waals surface area contributed by atoms with Crippen LogP contribution in [0.5, 0.6) is 5.75 Å². The molecule has 0 aliphatic heterocycles. The van der Waals surface area contributed by atoms with E-state index in [0.29, 0.717) is 12.1 Å². The maximum Gasteiger partial charge on any atom is 0.125 e. The van der Waals surface area contributed by atoms with Gasteiger partial charge in [0.25, 0.3) is 0 Å². The Morgan fingerprint density at radius 3 is 2.79 bits per heavy atom. The molecule has 19 heavy (non-hydrogen) atoms. The summed E-state index contributed by atoms with van der Waals surface area (Å²) in [7, 11) is 0. The molecule has 0 saturated heterocycles. The number of nitrogens with one attached hydrogen (secondary N) is 1. The van der Waals surface area contributed by atoms with Crippen LogP contribution in [0.15, 0.2) is 22.7 Å². The zero-order chi connectivity index (χ0) is 13.7. The summed E-state index contributed by atoms with van der Waals surface area (Å²) in [5, 5.41) is 3.54. The van der Waals surface area contributed by atoms with Crippen LogP contribution in [-0.4, -0.2) is 12.6 Å². The predicted octanol–water partition coefficient (Wildman–Crippen LogP) is 4.83.